The van der Waals surface area contributed by atoms with Crippen LogP contribution in [0.4, 0.5) is 0 Å². The summed E-state index contributed by atoms with van der Waals surface area (Å²) < 4.78 is 0. The van der Waals surface area contributed by atoms with Crippen LogP contribution in [0.3, 0.4) is 0 Å². The van der Waals surface area contributed by atoms with Crippen molar-refractivity contribution in [1.29, 1.82) is 0 Å². The first-order valence-electron chi connectivity index (χ1n) is 8.20. The molecule has 0 spiro atoms. The average molecular weight is 328 g/mol. The molecule has 0 saturated heterocycles. The van der Waals surface area contributed by atoms with Crippen LogP contribution in [0.1, 0.15) is 37.8 Å². The second-order valence-corrected chi connectivity index (χ2v) is 6.04. The van der Waals surface area contributed by atoms with E-state index in [1.54, 1.807) is 24.3 Å². The van der Waals surface area contributed by atoms with Gasteiger partial charge in [-0.3, -0.25) is 14.4 Å². The molecule has 3 N–H and O–H groups in total. The van der Waals surface area contributed by atoms with Gasteiger partial charge in [-0.2, -0.15) is 5.10 Å². The molecule has 1 aliphatic carbocycles. The molecule has 24 heavy (non-hydrogen) atoms. The van der Waals surface area contributed by atoms with E-state index in [1.165, 1.54) is 6.42 Å². The van der Waals surface area contributed by atoms with Crippen LogP contribution in [0.25, 0.3) is 10.8 Å². The third-order valence-corrected chi connectivity index (χ3v) is 4.34. The fraction of sp³-hybridized carbons (Fsp3) is 0.412. The second kappa shape index (κ2) is 7.25. The number of benzene rings is 1. The Morgan fingerprint density at radius 3 is 2.54 bits per heavy atom. The highest BCUT2D eigenvalue weighted by molar-refractivity contribution is 6.35. The van der Waals surface area contributed by atoms with Gasteiger partial charge in [0.05, 0.1) is 17.6 Å². The molecular formula is C17H20N4O3. The molecule has 7 nitrogen and oxygen atoms in total. The van der Waals surface area contributed by atoms with E-state index in [0.29, 0.717) is 16.5 Å². The average Bonchev–Trinajstić information content (AvgIpc) is 2.62. The van der Waals surface area contributed by atoms with Crippen molar-refractivity contribution >= 4 is 22.6 Å². The van der Waals surface area contributed by atoms with E-state index >= 15 is 0 Å². The van der Waals surface area contributed by atoms with Gasteiger partial charge in [-0.05, 0) is 18.9 Å². The standard InChI is InChI=1S/C17H20N4O3/c22-15-13-9-5-4-8-12(13)14(20-21-15)10-18-16(23)17(24)19-11-6-2-1-3-7-11/h4-5,8-9,11H,1-3,6-7,10H2,(H,18,23)(H,19,24)(H,21,22). The van der Waals surface area contributed by atoms with E-state index in [1.807, 2.05) is 0 Å². The largest absolute Gasteiger partial charge is 0.345 e. The summed E-state index contributed by atoms with van der Waals surface area (Å²) in [4.78, 5) is 35.6. The van der Waals surface area contributed by atoms with Crippen molar-refractivity contribution in [2.45, 2.75) is 44.7 Å². The summed E-state index contributed by atoms with van der Waals surface area (Å²) in [5.74, 6) is -1.30. The van der Waals surface area contributed by atoms with Crippen molar-refractivity contribution in [1.82, 2.24) is 20.8 Å². The van der Waals surface area contributed by atoms with Gasteiger partial charge in [-0.25, -0.2) is 5.10 Å². The summed E-state index contributed by atoms with van der Waals surface area (Å²) in [6.45, 7) is 0.0776. The fourth-order valence-electron chi connectivity index (χ4n) is 3.05. The molecule has 126 valence electrons. The van der Waals surface area contributed by atoms with Crippen molar-refractivity contribution in [2.75, 3.05) is 0 Å². The monoisotopic (exact) mass is 328 g/mol. The van der Waals surface area contributed by atoms with Gasteiger partial charge in [0, 0.05) is 11.4 Å². The molecular weight excluding hydrogens is 308 g/mol. The molecule has 0 unspecified atom stereocenters. The van der Waals surface area contributed by atoms with Gasteiger partial charge in [0.2, 0.25) is 0 Å². The number of amides is 2. The zero-order chi connectivity index (χ0) is 16.9. The van der Waals surface area contributed by atoms with E-state index in [0.717, 1.165) is 25.7 Å². The van der Waals surface area contributed by atoms with E-state index < -0.39 is 11.8 Å². The molecule has 1 aromatic heterocycles. The number of nitrogens with zero attached hydrogens (tertiary/aromatic N) is 1. The zero-order valence-corrected chi connectivity index (χ0v) is 13.3. The highest BCUT2D eigenvalue weighted by Gasteiger charge is 2.20. The molecule has 1 aliphatic rings. The first-order valence-corrected chi connectivity index (χ1v) is 8.20. The summed E-state index contributed by atoms with van der Waals surface area (Å²) in [5, 5.41) is 12.9. The van der Waals surface area contributed by atoms with Crippen LogP contribution >= 0.6 is 0 Å². The molecule has 1 fully saturated rings. The molecule has 0 aliphatic heterocycles. The highest BCUT2D eigenvalue weighted by Crippen LogP contribution is 2.17. The number of carbonyl (C=O) groups excluding carboxylic acids is 2. The third kappa shape index (κ3) is 3.61. The minimum Gasteiger partial charge on any atom is -0.345 e. The van der Waals surface area contributed by atoms with Gasteiger partial charge in [-0.1, -0.05) is 37.5 Å². The second-order valence-electron chi connectivity index (χ2n) is 6.04. The number of H-pyrrole nitrogens is 1. The lowest BCUT2D eigenvalue weighted by Gasteiger charge is -2.22. The Morgan fingerprint density at radius 1 is 1.08 bits per heavy atom. The molecule has 1 aromatic carbocycles. The predicted octanol–water partition coefficient (Wildman–Crippen LogP) is 0.988. The summed E-state index contributed by atoms with van der Waals surface area (Å²) in [5.41, 5.74) is 0.236. The fourth-order valence-corrected chi connectivity index (χ4v) is 3.05. The lowest BCUT2D eigenvalue weighted by molar-refractivity contribution is -0.139. The van der Waals surface area contributed by atoms with Gasteiger partial charge in [0.25, 0.3) is 5.56 Å². The number of fused-ring (bicyclic) bond motifs is 1. The van der Waals surface area contributed by atoms with Crippen LogP contribution in [0, 0.1) is 0 Å². The molecule has 2 amide bonds. The Balaban J connectivity index is 1.63. The van der Waals surface area contributed by atoms with E-state index in [2.05, 4.69) is 20.8 Å². The minimum atomic E-state index is -0.683. The topological polar surface area (TPSA) is 104 Å². The smallest absolute Gasteiger partial charge is 0.309 e. The Hall–Kier alpha value is -2.70. The Labute approximate surface area is 138 Å². The molecule has 7 heteroatoms. The SMILES string of the molecule is O=C(NCc1n[nH]c(=O)c2ccccc12)C(=O)NC1CCCCC1. The van der Waals surface area contributed by atoms with Crippen molar-refractivity contribution in [2.24, 2.45) is 0 Å². The van der Waals surface area contributed by atoms with Crippen LogP contribution in [0.5, 0.6) is 0 Å². The van der Waals surface area contributed by atoms with Crippen molar-refractivity contribution < 1.29 is 9.59 Å². The number of aromatic amines is 1. The molecule has 0 atom stereocenters. The molecule has 1 saturated carbocycles. The molecule has 0 radical (unpaired) electrons. The van der Waals surface area contributed by atoms with Crippen molar-refractivity contribution in [3.63, 3.8) is 0 Å². The van der Waals surface area contributed by atoms with Crippen molar-refractivity contribution in [3.8, 4) is 0 Å². The molecule has 1 heterocycles. The van der Waals surface area contributed by atoms with Gasteiger partial charge < -0.3 is 10.6 Å². The van der Waals surface area contributed by atoms with Crippen molar-refractivity contribution in [3.05, 3.63) is 40.3 Å². The first-order chi connectivity index (χ1) is 11.6. The summed E-state index contributed by atoms with van der Waals surface area (Å²) >= 11 is 0. The Bertz CT molecular complexity index is 809. The predicted molar refractivity (Wildman–Crippen MR) is 89.2 cm³/mol. The van der Waals surface area contributed by atoms with Gasteiger partial charge >= 0.3 is 11.8 Å². The summed E-state index contributed by atoms with van der Waals surface area (Å²) in [7, 11) is 0. The lowest BCUT2D eigenvalue weighted by atomic mass is 9.95. The van der Waals surface area contributed by atoms with Crippen LogP contribution in [-0.4, -0.2) is 28.1 Å². The normalized spacial score (nSPS) is 15.2. The summed E-state index contributed by atoms with van der Waals surface area (Å²) in [6, 6.07) is 7.10. The maximum absolute atomic E-state index is 12.0. The maximum atomic E-state index is 12.0. The zero-order valence-electron chi connectivity index (χ0n) is 13.3. The molecule has 0 bridgehead atoms. The number of aromatic nitrogens is 2. The van der Waals surface area contributed by atoms with Crippen LogP contribution in [-0.2, 0) is 16.1 Å². The quantitative estimate of drug-likeness (QED) is 0.731. The number of hydrogen-bond acceptors (Lipinski definition) is 4. The molecule has 2 aromatic rings. The van der Waals surface area contributed by atoms with Gasteiger partial charge in [0.1, 0.15) is 0 Å². The highest BCUT2D eigenvalue weighted by atomic mass is 16.2. The number of rotatable bonds is 3. The Morgan fingerprint density at radius 2 is 1.79 bits per heavy atom. The van der Waals surface area contributed by atoms with Crippen LogP contribution in [0.2, 0.25) is 0 Å². The molecule has 3 rings (SSSR count). The third-order valence-electron chi connectivity index (χ3n) is 4.34. The van der Waals surface area contributed by atoms with Crippen LogP contribution < -0.4 is 16.2 Å². The lowest BCUT2D eigenvalue weighted by Crippen LogP contribution is -2.45. The number of hydrogen-bond donors (Lipinski definition) is 3. The van der Waals surface area contributed by atoms with Crippen LogP contribution in [0.15, 0.2) is 29.1 Å². The minimum absolute atomic E-state index is 0.0776. The number of carbonyl (C=O) groups is 2. The summed E-state index contributed by atoms with van der Waals surface area (Å²) in [6.07, 6.45) is 5.19. The van der Waals surface area contributed by atoms with Gasteiger partial charge in [0.15, 0.2) is 0 Å². The number of nitrogens with one attached hydrogen (secondary N) is 3. The van der Waals surface area contributed by atoms with E-state index in [-0.39, 0.29) is 18.1 Å². The van der Waals surface area contributed by atoms with Gasteiger partial charge in [-0.15, -0.1) is 0 Å². The Kier molecular flexibility index (Phi) is 4.88. The van der Waals surface area contributed by atoms with E-state index in [4.69, 9.17) is 0 Å². The van der Waals surface area contributed by atoms with E-state index in [9.17, 15) is 14.4 Å². The maximum Gasteiger partial charge on any atom is 0.309 e. The first kappa shape index (κ1) is 16.2.